The summed E-state index contributed by atoms with van der Waals surface area (Å²) >= 11 is 1.90. The number of nitrogens with zero attached hydrogens (tertiary/aromatic N) is 2. The van der Waals surface area contributed by atoms with E-state index in [1.807, 2.05) is 11.3 Å². The molecule has 0 radical (unpaired) electrons. The fraction of sp³-hybridized carbons (Fsp3) is 0. The topological polar surface area (TPSA) is 9.86 Å². The normalized spacial score (nSPS) is 11.9. The third-order valence-electron chi connectivity index (χ3n) is 10.5. The van der Waals surface area contributed by atoms with Gasteiger partial charge in [-0.05, 0) is 65.2 Å². The average Bonchev–Trinajstić information content (AvgIpc) is 3.86. The molecule has 11 rings (SSSR count). The maximum absolute atomic E-state index is 2.49. The number of thiophene rings is 1. The molecular formula is C48H30N2S. The minimum atomic E-state index is 1.17. The second-order valence-electron chi connectivity index (χ2n) is 13.3. The Morgan fingerprint density at radius 1 is 0.353 bits per heavy atom. The molecule has 0 atom stereocenters. The Morgan fingerprint density at radius 3 is 1.63 bits per heavy atom. The van der Waals surface area contributed by atoms with Crippen LogP contribution in [0.5, 0.6) is 0 Å². The van der Waals surface area contributed by atoms with Crippen molar-refractivity contribution in [3.8, 4) is 33.6 Å². The van der Waals surface area contributed by atoms with Crippen LogP contribution in [0.2, 0.25) is 0 Å². The molecule has 3 heterocycles. The molecule has 2 nitrogen and oxygen atoms in total. The lowest BCUT2D eigenvalue weighted by atomic mass is 9.93. The monoisotopic (exact) mass is 666 g/mol. The van der Waals surface area contributed by atoms with Crippen LogP contribution in [0.1, 0.15) is 0 Å². The van der Waals surface area contributed by atoms with Gasteiger partial charge in [0.1, 0.15) is 0 Å². The zero-order valence-corrected chi connectivity index (χ0v) is 28.4. The van der Waals surface area contributed by atoms with Gasteiger partial charge in [-0.1, -0.05) is 133 Å². The van der Waals surface area contributed by atoms with Gasteiger partial charge in [-0.2, -0.15) is 0 Å². The molecular weight excluding hydrogens is 637 g/mol. The van der Waals surface area contributed by atoms with Crippen LogP contribution in [0, 0.1) is 0 Å². The van der Waals surface area contributed by atoms with E-state index in [9.17, 15) is 0 Å². The van der Waals surface area contributed by atoms with Crippen molar-refractivity contribution in [3.05, 3.63) is 182 Å². The zero-order valence-electron chi connectivity index (χ0n) is 27.6. The second kappa shape index (κ2) is 11.0. The number of hydrogen-bond donors (Lipinski definition) is 0. The minimum absolute atomic E-state index is 1.17. The zero-order chi connectivity index (χ0) is 33.5. The van der Waals surface area contributed by atoms with Crippen LogP contribution >= 0.6 is 11.3 Å². The van der Waals surface area contributed by atoms with E-state index in [2.05, 4.69) is 191 Å². The van der Waals surface area contributed by atoms with Crippen molar-refractivity contribution < 1.29 is 0 Å². The van der Waals surface area contributed by atoms with Gasteiger partial charge in [0.05, 0.1) is 27.8 Å². The Hall–Kier alpha value is -6.42. The number of fused-ring (bicyclic) bond motifs is 9. The number of para-hydroxylation sites is 3. The van der Waals surface area contributed by atoms with Crippen LogP contribution < -0.4 is 0 Å². The van der Waals surface area contributed by atoms with Crippen molar-refractivity contribution in [1.29, 1.82) is 0 Å². The van der Waals surface area contributed by atoms with Crippen LogP contribution in [0.25, 0.3) is 97.4 Å². The molecule has 3 aromatic heterocycles. The molecule has 8 aromatic carbocycles. The number of aromatic nitrogens is 2. The fourth-order valence-electron chi connectivity index (χ4n) is 8.36. The van der Waals surface area contributed by atoms with Crippen molar-refractivity contribution in [3.63, 3.8) is 0 Å². The molecule has 11 aromatic rings. The molecule has 3 heteroatoms. The summed E-state index contributed by atoms with van der Waals surface area (Å²) < 4.78 is 7.52. The maximum atomic E-state index is 2.49. The lowest BCUT2D eigenvalue weighted by molar-refractivity contribution is 1.17. The first-order chi connectivity index (χ1) is 25.3. The summed E-state index contributed by atoms with van der Waals surface area (Å²) in [5.74, 6) is 0. The molecule has 0 aliphatic rings. The molecule has 0 aliphatic carbocycles. The number of rotatable bonds is 4. The Morgan fingerprint density at radius 2 is 0.902 bits per heavy atom. The highest BCUT2D eigenvalue weighted by molar-refractivity contribution is 7.26. The molecule has 0 unspecified atom stereocenters. The lowest BCUT2D eigenvalue weighted by Crippen LogP contribution is -1.97. The summed E-state index contributed by atoms with van der Waals surface area (Å²) in [6.07, 6.45) is 0. The molecule has 0 spiro atoms. The van der Waals surface area contributed by atoms with E-state index < -0.39 is 0 Å². The Balaban J connectivity index is 1.20. The van der Waals surface area contributed by atoms with Gasteiger partial charge in [0.15, 0.2) is 0 Å². The standard InChI is InChI=1S/C48H30N2S/c1-2-14-31(15-3-1)33-16-4-5-17-34(33)38-27-29-45(47-39-21-9-13-25-46(39)51-48(38)47)50-43-24-12-8-20-37(43)40-30-32(26-28-44(40)50)49-41-22-10-6-18-35(41)36-19-7-11-23-42(36)49/h1-30H. The molecule has 0 fully saturated rings. The quantitative estimate of drug-likeness (QED) is 0.177. The minimum Gasteiger partial charge on any atom is -0.309 e. The molecule has 0 amide bonds. The van der Waals surface area contributed by atoms with E-state index in [0.717, 1.165) is 0 Å². The third kappa shape index (κ3) is 4.16. The Bertz CT molecular complexity index is 3090. The Kier molecular flexibility index (Phi) is 6.16. The summed E-state index contributed by atoms with van der Waals surface area (Å²) in [6.45, 7) is 0. The predicted octanol–water partition coefficient (Wildman–Crippen LogP) is 13.6. The number of benzene rings is 8. The van der Waals surface area contributed by atoms with E-state index in [1.54, 1.807) is 0 Å². The smallest absolute Gasteiger partial charge is 0.0555 e. The van der Waals surface area contributed by atoms with Gasteiger partial charge in [0, 0.05) is 53.0 Å². The van der Waals surface area contributed by atoms with Crippen molar-refractivity contribution >= 4 is 75.1 Å². The predicted molar refractivity (Wildman–Crippen MR) is 219 cm³/mol. The first-order valence-electron chi connectivity index (χ1n) is 17.4. The summed E-state index contributed by atoms with van der Waals surface area (Å²) in [4.78, 5) is 0. The molecule has 51 heavy (non-hydrogen) atoms. The van der Waals surface area contributed by atoms with Gasteiger partial charge in [-0.25, -0.2) is 0 Å². The summed E-state index contributed by atoms with van der Waals surface area (Å²) in [6, 6.07) is 66.6. The van der Waals surface area contributed by atoms with Crippen LogP contribution in [0.3, 0.4) is 0 Å². The molecule has 0 saturated heterocycles. The average molecular weight is 667 g/mol. The van der Waals surface area contributed by atoms with Crippen LogP contribution in [0.4, 0.5) is 0 Å². The number of hydrogen-bond acceptors (Lipinski definition) is 1. The van der Waals surface area contributed by atoms with Crippen LogP contribution in [-0.2, 0) is 0 Å². The highest BCUT2D eigenvalue weighted by Crippen LogP contribution is 2.47. The van der Waals surface area contributed by atoms with Crippen LogP contribution in [-0.4, -0.2) is 9.13 Å². The molecule has 0 N–H and O–H groups in total. The second-order valence-corrected chi connectivity index (χ2v) is 14.3. The van der Waals surface area contributed by atoms with Crippen molar-refractivity contribution in [2.75, 3.05) is 0 Å². The maximum Gasteiger partial charge on any atom is 0.0555 e. The van der Waals surface area contributed by atoms with Gasteiger partial charge in [0.2, 0.25) is 0 Å². The van der Waals surface area contributed by atoms with E-state index in [1.165, 1.54) is 97.4 Å². The van der Waals surface area contributed by atoms with Gasteiger partial charge < -0.3 is 9.13 Å². The van der Waals surface area contributed by atoms with Crippen LogP contribution in [0.15, 0.2) is 182 Å². The van der Waals surface area contributed by atoms with Gasteiger partial charge in [-0.3, -0.25) is 0 Å². The lowest BCUT2D eigenvalue weighted by Gasteiger charge is -2.15. The van der Waals surface area contributed by atoms with Gasteiger partial charge in [-0.15, -0.1) is 11.3 Å². The van der Waals surface area contributed by atoms with Gasteiger partial charge >= 0.3 is 0 Å². The van der Waals surface area contributed by atoms with E-state index in [4.69, 9.17) is 0 Å². The molecule has 0 saturated carbocycles. The summed E-state index contributed by atoms with van der Waals surface area (Å²) in [5.41, 5.74) is 12.2. The van der Waals surface area contributed by atoms with Crippen molar-refractivity contribution in [2.45, 2.75) is 0 Å². The highest BCUT2D eigenvalue weighted by Gasteiger charge is 2.21. The third-order valence-corrected chi connectivity index (χ3v) is 11.7. The molecule has 0 aliphatic heterocycles. The largest absolute Gasteiger partial charge is 0.309 e. The molecule has 238 valence electrons. The van der Waals surface area contributed by atoms with Crippen molar-refractivity contribution in [2.24, 2.45) is 0 Å². The van der Waals surface area contributed by atoms with E-state index >= 15 is 0 Å². The first kappa shape index (κ1) is 28.4. The Labute approximate surface area is 298 Å². The molecule has 0 bridgehead atoms. The summed E-state index contributed by atoms with van der Waals surface area (Å²) in [7, 11) is 0. The van der Waals surface area contributed by atoms with Gasteiger partial charge in [0.25, 0.3) is 0 Å². The van der Waals surface area contributed by atoms with Crippen molar-refractivity contribution in [1.82, 2.24) is 9.13 Å². The van der Waals surface area contributed by atoms with E-state index in [0.29, 0.717) is 0 Å². The van der Waals surface area contributed by atoms with E-state index in [-0.39, 0.29) is 0 Å². The SMILES string of the molecule is c1ccc(-c2ccccc2-c2ccc(-n3c4ccccc4c4cc(-n5c6ccccc6c6ccccc65)ccc43)c3c2sc2ccccc23)cc1. The highest BCUT2D eigenvalue weighted by atomic mass is 32.1. The fourth-order valence-corrected chi connectivity index (χ4v) is 9.61. The summed E-state index contributed by atoms with van der Waals surface area (Å²) in [5, 5.41) is 7.63. The first-order valence-corrected chi connectivity index (χ1v) is 18.3.